The highest BCUT2D eigenvalue weighted by atomic mass is 15.2. The van der Waals surface area contributed by atoms with Gasteiger partial charge in [-0.05, 0) is 30.5 Å². The predicted octanol–water partition coefficient (Wildman–Crippen LogP) is 2.95. The summed E-state index contributed by atoms with van der Waals surface area (Å²) in [5.74, 6) is 0. The van der Waals surface area contributed by atoms with Crippen LogP contribution in [0.3, 0.4) is 0 Å². The molecule has 1 heterocycles. The summed E-state index contributed by atoms with van der Waals surface area (Å²) < 4.78 is 0. The molecule has 0 aromatic heterocycles. The van der Waals surface area contributed by atoms with E-state index in [-0.39, 0.29) is 5.41 Å². The Bertz CT molecular complexity index is 385. The first-order valence-corrected chi connectivity index (χ1v) is 6.92. The number of nitrogens with one attached hydrogen (secondary N) is 1. The monoisotopic (exact) mass is 246 g/mol. The number of hydrogen-bond donors (Lipinski definition) is 1. The predicted molar refractivity (Wildman–Crippen MR) is 78.0 cm³/mol. The molecule has 0 saturated carbocycles. The van der Waals surface area contributed by atoms with Crippen molar-refractivity contribution in [2.45, 2.75) is 45.2 Å². The lowest BCUT2D eigenvalue weighted by Gasteiger charge is -2.39. The second-order valence-electron chi connectivity index (χ2n) is 6.53. The molecule has 1 N–H and O–H groups in total. The molecule has 18 heavy (non-hydrogen) atoms. The largest absolute Gasteiger partial charge is 0.314 e. The fraction of sp³-hybridized carbons (Fsp3) is 0.625. The molecule has 0 spiro atoms. The summed E-state index contributed by atoms with van der Waals surface area (Å²) in [6.45, 7) is 11.3. The van der Waals surface area contributed by atoms with Crippen molar-refractivity contribution in [3.63, 3.8) is 0 Å². The zero-order valence-corrected chi connectivity index (χ0v) is 12.3. The topological polar surface area (TPSA) is 15.3 Å². The molecule has 2 rings (SSSR count). The summed E-state index contributed by atoms with van der Waals surface area (Å²) in [6, 6.07) is 10.3. The van der Waals surface area contributed by atoms with E-state index in [1.165, 1.54) is 11.1 Å². The fourth-order valence-electron chi connectivity index (χ4n) is 2.37. The van der Waals surface area contributed by atoms with Crippen molar-refractivity contribution in [1.82, 2.24) is 10.2 Å². The van der Waals surface area contributed by atoms with E-state index in [1.807, 2.05) is 0 Å². The third-order valence-electron chi connectivity index (χ3n) is 4.21. The zero-order valence-electron chi connectivity index (χ0n) is 12.3. The van der Waals surface area contributed by atoms with Crippen LogP contribution < -0.4 is 5.32 Å². The minimum Gasteiger partial charge on any atom is -0.314 e. The standard InChI is InChI=1S/C16H26N2/c1-12(18(5)15-10-17-11-15)13-6-8-14(9-7-13)16(2,3)4/h6-9,12,15,17H,10-11H2,1-5H3. The molecular weight excluding hydrogens is 220 g/mol. The average molecular weight is 246 g/mol. The lowest BCUT2D eigenvalue weighted by molar-refractivity contribution is 0.136. The number of hydrogen-bond acceptors (Lipinski definition) is 2. The Hall–Kier alpha value is -0.860. The number of nitrogens with zero attached hydrogens (tertiary/aromatic N) is 1. The number of rotatable bonds is 3. The Labute approximate surface area is 111 Å². The maximum Gasteiger partial charge on any atom is 0.0348 e. The Morgan fingerprint density at radius 3 is 2.11 bits per heavy atom. The van der Waals surface area contributed by atoms with Crippen LogP contribution in [0.1, 0.15) is 44.9 Å². The van der Waals surface area contributed by atoms with Crippen molar-refractivity contribution in [2.75, 3.05) is 20.1 Å². The minimum absolute atomic E-state index is 0.242. The molecule has 0 radical (unpaired) electrons. The van der Waals surface area contributed by atoms with E-state index in [4.69, 9.17) is 0 Å². The highest BCUT2D eigenvalue weighted by Crippen LogP contribution is 2.26. The fourth-order valence-corrected chi connectivity index (χ4v) is 2.37. The van der Waals surface area contributed by atoms with E-state index < -0.39 is 0 Å². The normalized spacial score (nSPS) is 18.8. The Kier molecular flexibility index (Phi) is 3.79. The average Bonchev–Trinajstić information content (AvgIpc) is 2.24. The Morgan fingerprint density at radius 1 is 1.17 bits per heavy atom. The molecule has 1 aromatic rings. The molecule has 2 heteroatoms. The molecule has 1 saturated heterocycles. The lowest BCUT2D eigenvalue weighted by Crippen LogP contribution is -2.56. The maximum atomic E-state index is 3.34. The summed E-state index contributed by atoms with van der Waals surface area (Å²) in [5.41, 5.74) is 3.06. The molecule has 1 aliphatic rings. The lowest BCUT2D eigenvalue weighted by atomic mass is 9.86. The van der Waals surface area contributed by atoms with Crippen molar-refractivity contribution >= 4 is 0 Å². The van der Waals surface area contributed by atoms with E-state index in [1.54, 1.807) is 0 Å². The molecule has 1 atom stereocenters. The van der Waals surface area contributed by atoms with Gasteiger partial charge < -0.3 is 5.32 Å². The van der Waals surface area contributed by atoms with Gasteiger partial charge in [0.05, 0.1) is 0 Å². The van der Waals surface area contributed by atoms with E-state index in [0.29, 0.717) is 12.1 Å². The third-order valence-corrected chi connectivity index (χ3v) is 4.21. The maximum absolute atomic E-state index is 3.34. The molecule has 0 bridgehead atoms. The van der Waals surface area contributed by atoms with Crippen LogP contribution in [0.15, 0.2) is 24.3 Å². The summed E-state index contributed by atoms with van der Waals surface area (Å²) in [6.07, 6.45) is 0. The molecular formula is C16H26N2. The summed E-state index contributed by atoms with van der Waals surface area (Å²) in [7, 11) is 2.23. The molecule has 0 aliphatic carbocycles. The van der Waals surface area contributed by atoms with Gasteiger partial charge >= 0.3 is 0 Å². The van der Waals surface area contributed by atoms with Gasteiger partial charge in [0.15, 0.2) is 0 Å². The Morgan fingerprint density at radius 2 is 1.72 bits per heavy atom. The van der Waals surface area contributed by atoms with E-state index in [2.05, 4.69) is 69.2 Å². The first-order valence-electron chi connectivity index (χ1n) is 6.92. The highest BCUT2D eigenvalue weighted by Gasteiger charge is 2.25. The van der Waals surface area contributed by atoms with Crippen LogP contribution in [-0.2, 0) is 5.41 Å². The summed E-state index contributed by atoms with van der Waals surface area (Å²) in [5, 5.41) is 3.34. The van der Waals surface area contributed by atoms with E-state index in [0.717, 1.165) is 13.1 Å². The minimum atomic E-state index is 0.242. The van der Waals surface area contributed by atoms with Crippen molar-refractivity contribution < 1.29 is 0 Å². The SMILES string of the molecule is CC(c1ccc(C(C)(C)C)cc1)N(C)C1CNC1. The van der Waals surface area contributed by atoms with Gasteiger partial charge in [-0.15, -0.1) is 0 Å². The van der Waals surface area contributed by atoms with Crippen molar-refractivity contribution in [3.05, 3.63) is 35.4 Å². The van der Waals surface area contributed by atoms with Crippen LogP contribution in [0.25, 0.3) is 0 Å². The van der Waals surface area contributed by atoms with Gasteiger partial charge in [0.1, 0.15) is 0 Å². The van der Waals surface area contributed by atoms with Gasteiger partial charge in [0, 0.05) is 25.2 Å². The summed E-state index contributed by atoms with van der Waals surface area (Å²) >= 11 is 0. The number of likely N-dealkylation sites (N-methyl/N-ethyl adjacent to an activating group) is 1. The molecule has 1 fully saturated rings. The molecule has 1 aliphatic heterocycles. The summed E-state index contributed by atoms with van der Waals surface area (Å²) in [4.78, 5) is 2.47. The second-order valence-corrected chi connectivity index (χ2v) is 6.53. The van der Waals surface area contributed by atoms with Gasteiger partial charge in [-0.25, -0.2) is 0 Å². The highest BCUT2D eigenvalue weighted by molar-refractivity contribution is 5.29. The molecule has 100 valence electrons. The van der Waals surface area contributed by atoms with Crippen LogP contribution >= 0.6 is 0 Å². The molecule has 1 aromatic carbocycles. The van der Waals surface area contributed by atoms with Crippen LogP contribution in [0.5, 0.6) is 0 Å². The van der Waals surface area contributed by atoms with Crippen molar-refractivity contribution in [2.24, 2.45) is 0 Å². The van der Waals surface area contributed by atoms with Crippen LogP contribution in [0.4, 0.5) is 0 Å². The first-order chi connectivity index (χ1) is 8.39. The zero-order chi connectivity index (χ0) is 13.3. The second kappa shape index (κ2) is 5.02. The molecule has 0 amide bonds. The van der Waals surface area contributed by atoms with E-state index >= 15 is 0 Å². The molecule has 2 nitrogen and oxygen atoms in total. The number of benzene rings is 1. The van der Waals surface area contributed by atoms with Gasteiger partial charge in [-0.2, -0.15) is 0 Å². The third kappa shape index (κ3) is 2.76. The molecule has 1 unspecified atom stereocenters. The quantitative estimate of drug-likeness (QED) is 0.882. The van der Waals surface area contributed by atoms with Gasteiger partial charge in [0.25, 0.3) is 0 Å². The van der Waals surface area contributed by atoms with Gasteiger partial charge in [0.2, 0.25) is 0 Å². The Balaban J connectivity index is 2.08. The van der Waals surface area contributed by atoms with Crippen LogP contribution in [0, 0.1) is 0 Å². The van der Waals surface area contributed by atoms with Gasteiger partial charge in [-0.3, -0.25) is 4.90 Å². The van der Waals surface area contributed by atoms with E-state index in [9.17, 15) is 0 Å². The van der Waals surface area contributed by atoms with Crippen molar-refractivity contribution in [3.8, 4) is 0 Å². The first kappa shape index (κ1) is 13.6. The van der Waals surface area contributed by atoms with Crippen LogP contribution in [-0.4, -0.2) is 31.1 Å². The van der Waals surface area contributed by atoms with Gasteiger partial charge in [-0.1, -0.05) is 45.0 Å². The van der Waals surface area contributed by atoms with Crippen LogP contribution in [0.2, 0.25) is 0 Å². The van der Waals surface area contributed by atoms with Crippen molar-refractivity contribution in [1.29, 1.82) is 0 Å². The smallest absolute Gasteiger partial charge is 0.0348 e.